The highest BCUT2D eigenvalue weighted by Crippen LogP contribution is 2.39. The average Bonchev–Trinajstić information content (AvgIpc) is 3.46. The van der Waals surface area contributed by atoms with Crippen LogP contribution in [0, 0.1) is 0 Å². The summed E-state index contributed by atoms with van der Waals surface area (Å²) in [6.07, 6.45) is 4.27. The summed E-state index contributed by atoms with van der Waals surface area (Å²) in [6.45, 7) is 6.16. The highest BCUT2D eigenvalue weighted by Gasteiger charge is 2.24. The molecule has 0 saturated heterocycles. The lowest BCUT2D eigenvalue weighted by Gasteiger charge is -2.29. The van der Waals surface area contributed by atoms with Gasteiger partial charge >= 0.3 is 0 Å². The molecule has 0 unspecified atom stereocenters. The van der Waals surface area contributed by atoms with Crippen LogP contribution < -0.4 is 21.5 Å². The highest BCUT2D eigenvalue weighted by molar-refractivity contribution is 7.10. The summed E-state index contributed by atoms with van der Waals surface area (Å²) in [5.41, 5.74) is 6.67. The van der Waals surface area contributed by atoms with Gasteiger partial charge in [-0.3, -0.25) is 14.7 Å². The number of nitrogens with zero attached hydrogens (tertiary/aromatic N) is 3. The number of carbonyl (C=O) groups is 2. The summed E-state index contributed by atoms with van der Waals surface area (Å²) in [7, 11) is 6.13. The van der Waals surface area contributed by atoms with E-state index in [1.54, 1.807) is 0 Å². The molecule has 0 atom stereocenters. The lowest BCUT2D eigenvalue weighted by atomic mass is 9.91. The third-order valence-electron chi connectivity index (χ3n) is 7.13. The smallest absolute Gasteiger partial charge is 0.238 e. The van der Waals surface area contributed by atoms with Crippen LogP contribution >= 0.6 is 11.3 Å². The molecule has 1 aliphatic carbocycles. The number of hydrogen-bond donors (Lipinski definition) is 3. The fourth-order valence-corrected chi connectivity index (χ4v) is 5.95. The molecule has 1 amide bonds. The highest BCUT2D eigenvalue weighted by atomic mass is 32.1. The fraction of sp³-hybridized carbons (Fsp3) is 0.375. The molecule has 41 heavy (non-hydrogen) atoms. The molecule has 4 rings (SSSR count). The zero-order valence-corrected chi connectivity index (χ0v) is 25.4. The number of benzene rings is 2. The molecule has 220 valence electrons. The maximum atomic E-state index is 12.6. The zero-order valence-electron chi connectivity index (χ0n) is 24.6. The van der Waals surface area contributed by atoms with Crippen LogP contribution in [0.1, 0.15) is 35.3 Å². The third-order valence-corrected chi connectivity index (χ3v) is 8.11. The normalized spacial score (nSPS) is 12.6. The van der Waals surface area contributed by atoms with Crippen molar-refractivity contribution in [2.24, 2.45) is 5.84 Å². The summed E-state index contributed by atoms with van der Waals surface area (Å²) in [6, 6.07) is 20.2. The quantitative estimate of drug-likeness (QED) is 0.191. The molecule has 2 aromatic carbocycles. The number of rotatable bonds is 14. The molecular weight excluding hydrogens is 532 g/mol. The Bertz CT molecular complexity index is 1240. The van der Waals surface area contributed by atoms with Crippen molar-refractivity contribution in [2.45, 2.75) is 32.2 Å². The molecular formula is C32H44N6O2S. The number of hydrazine groups is 1. The summed E-state index contributed by atoms with van der Waals surface area (Å²) in [5.74, 6) is 6.75. The van der Waals surface area contributed by atoms with E-state index in [4.69, 9.17) is 10.6 Å². The van der Waals surface area contributed by atoms with Gasteiger partial charge in [-0.15, -0.1) is 11.3 Å². The van der Waals surface area contributed by atoms with Gasteiger partial charge in [-0.2, -0.15) is 0 Å². The molecule has 0 bridgehead atoms. The Morgan fingerprint density at radius 3 is 2.41 bits per heavy atom. The van der Waals surface area contributed by atoms with Gasteiger partial charge in [0.25, 0.3) is 0 Å². The largest absolute Gasteiger partial charge is 0.325 e. The summed E-state index contributed by atoms with van der Waals surface area (Å²) >= 11 is 1.81. The number of fused-ring (bicyclic) bond motifs is 1. The van der Waals surface area contributed by atoms with Crippen LogP contribution in [0.15, 0.2) is 71.6 Å². The van der Waals surface area contributed by atoms with Gasteiger partial charge in [-0.25, -0.2) is 5.84 Å². The number of amides is 1. The van der Waals surface area contributed by atoms with Crippen molar-refractivity contribution in [3.8, 4) is 0 Å². The van der Waals surface area contributed by atoms with E-state index in [-0.39, 0.29) is 5.91 Å². The average molecular weight is 577 g/mol. The second-order valence-corrected chi connectivity index (χ2v) is 11.3. The Labute approximate surface area is 248 Å². The Hall–Kier alpha value is -3.34. The summed E-state index contributed by atoms with van der Waals surface area (Å²) in [4.78, 5) is 26.4. The third kappa shape index (κ3) is 9.62. The maximum absolute atomic E-state index is 12.6. The van der Waals surface area contributed by atoms with E-state index in [2.05, 4.69) is 46.2 Å². The Balaban J connectivity index is 0.00000226. The van der Waals surface area contributed by atoms with E-state index in [0.29, 0.717) is 6.54 Å². The number of nitrogens with one attached hydrogen (secondary N) is 2. The van der Waals surface area contributed by atoms with Gasteiger partial charge in [0.05, 0.1) is 17.9 Å². The van der Waals surface area contributed by atoms with E-state index in [1.807, 2.05) is 84.6 Å². The number of nitrogens with two attached hydrogens (primary N) is 1. The van der Waals surface area contributed by atoms with Crippen LogP contribution in [0.4, 0.5) is 11.4 Å². The van der Waals surface area contributed by atoms with Crippen LogP contribution in [0.5, 0.6) is 0 Å². The Morgan fingerprint density at radius 2 is 1.71 bits per heavy atom. The second kappa shape index (κ2) is 16.8. The molecule has 0 aliphatic heterocycles. The minimum Gasteiger partial charge on any atom is -0.325 e. The van der Waals surface area contributed by atoms with Gasteiger partial charge < -0.3 is 20.3 Å². The van der Waals surface area contributed by atoms with Crippen LogP contribution in [0.2, 0.25) is 0 Å². The first-order valence-electron chi connectivity index (χ1n) is 14.0. The molecule has 0 spiro atoms. The fourth-order valence-electron chi connectivity index (χ4n) is 5.07. The SMILES string of the molecule is C=O.CNCCN(C)CCCC1=C(N(N)c2ccc(NC(=O)CN(C)Cc3ccccc3)cc2)c2ccsc2CC1. The summed E-state index contributed by atoms with van der Waals surface area (Å²) < 4.78 is 0. The molecule has 0 fully saturated rings. The van der Waals surface area contributed by atoms with Crippen molar-refractivity contribution < 1.29 is 9.59 Å². The van der Waals surface area contributed by atoms with Crippen molar-refractivity contribution in [3.05, 3.63) is 87.6 Å². The molecule has 9 heteroatoms. The zero-order chi connectivity index (χ0) is 29.6. The Morgan fingerprint density at radius 1 is 0.976 bits per heavy atom. The molecule has 1 heterocycles. The maximum Gasteiger partial charge on any atom is 0.238 e. The minimum atomic E-state index is -0.0364. The van der Waals surface area contributed by atoms with Gasteiger partial charge in [0.2, 0.25) is 5.91 Å². The summed E-state index contributed by atoms with van der Waals surface area (Å²) in [5, 5.41) is 10.2. The first-order valence-corrected chi connectivity index (χ1v) is 14.9. The number of aryl methyl sites for hydroxylation is 1. The van der Waals surface area contributed by atoms with Crippen LogP contribution in [0.25, 0.3) is 5.70 Å². The number of anilines is 2. The number of allylic oxidation sites excluding steroid dienone is 1. The van der Waals surface area contributed by atoms with Crippen LogP contribution in [-0.4, -0.2) is 69.8 Å². The van der Waals surface area contributed by atoms with Gasteiger partial charge in [-0.05, 0) is 100 Å². The number of likely N-dealkylation sites (N-methyl/N-ethyl adjacent to an activating group) is 3. The molecule has 1 aromatic heterocycles. The van der Waals surface area contributed by atoms with E-state index >= 15 is 0 Å². The lowest BCUT2D eigenvalue weighted by molar-refractivity contribution is -0.117. The number of thiophene rings is 1. The van der Waals surface area contributed by atoms with E-state index < -0.39 is 0 Å². The lowest BCUT2D eigenvalue weighted by Crippen LogP contribution is -2.32. The number of hydrogen-bond acceptors (Lipinski definition) is 8. The second-order valence-electron chi connectivity index (χ2n) is 10.3. The molecule has 0 saturated carbocycles. The molecule has 1 aliphatic rings. The van der Waals surface area contributed by atoms with Gasteiger partial charge in [-0.1, -0.05) is 30.3 Å². The van der Waals surface area contributed by atoms with E-state index in [1.165, 1.54) is 21.6 Å². The first-order chi connectivity index (χ1) is 19.9. The van der Waals surface area contributed by atoms with Crippen LogP contribution in [-0.2, 0) is 22.6 Å². The van der Waals surface area contributed by atoms with E-state index in [0.717, 1.165) is 68.9 Å². The number of carbonyl (C=O) groups excluding carboxylic acids is 2. The molecule has 3 aromatic rings. The first kappa shape index (κ1) is 32.2. The predicted molar refractivity (Wildman–Crippen MR) is 172 cm³/mol. The van der Waals surface area contributed by atoms with Crippen molar-refractivity contribution in [2.75, 3.05) is 57.6 Å². The monoisotopic (exact) mass is 576 g/mol. The van der Waals surface area contributed by atoms with Gasteiger partial charge in [0.15, 0.2) is 0 Å². The topological polar surface area (TPSA) is 93.9 Å². The van der Waals surface area contributed by atoms with E-state index in [9.17, 15) is 4.79 Å². The van der Waals surface area contributed by atoms with Gasteiger partial charge in [0.1, 0.15) is 6.79 Å². The van der Waals surface area contributed by atoms with Crippen molar-refractivity contribution in [1.82, 2.24) is 15.1 Å². The van der Waals surface area contributed by atoms with Crippen molar-refractivity contribution in [3.63, 3.8) is 0 Å². The Kier molecular flexibility index (Phi) is 13.2. The van der Waals surface area contributed by atoms with Crippen molar-refractivity contribution in [1.29, 1.82) is 0 Å². The van der Waals surface area contributed by atoms with Crippen LogP contribution in [0.3, 0.4) is 0 Å². The predicted octanol–water partition coefficient (Wildman–Crippen LogP) is 4.60. The standard InChI is InChI=1S/C31H42N6OS.CH2O/c1-33-18-20-35(2)19-7-10-25-11-16-29-28(17-21-39-29)31(25)37(32)27-14-12-26(13-15-27)34-30(38)23-36(3)22-24-8-5-4-6-9-24;1-2/h4-6,8-9,12-15,17,21,33H,7,10-11,16,18-20,22-23,32H2,1-3H3,(H,34,38);1H2. The molecule has 0 radical (unpaired) electrons. The van der Waals surface area contributed by atoms with Crippen molar-refractivity contribution >= 4 is 41.1 Å². The minimum absolute atomic E-state index is 0.0364. The van der Waals surface area contributed by atoms with Gasteiger partial charge in [0, 0.05) is 35.8 Å². The molecule has 4 N–H and O–H groups in total. The molecule has 8 nitrogen and oxygen atoms in total.